The molecule has 5 rings (SSSR count). The van der Waals surface area contributed by atoms with Crippen molar-refractivity contribution in [1.82, 2.24) is 19.5 Å². The SMILES string of the molecule is CN1CCC(NS(=O)c2ccc(CNC(=O)c3cc(C#N)cc4c3ccn4-c3ccc(F)cc3)cc2)CC1. The topological polar surface area (TPSA) is 90.2 Å². The first-order chi connectivity index (χ1) is 18.4. The zero-order valence-corrected chi connectivity index (χ0v) is 21.8. The molecule has 3 aromatic carbocycles. The van der Waals surface area contributed by atoms with Gasteiger partial charge in [0.2, 0.25) is 0 Å². The fourth-order valence-electron chi connectivity index (χ4n) is 4.68. The van der Waals surface area contributed by atoms with Crippen molar-refractivity contribution in [3.05, 3.63) is 95.4 Å². The molecule has 1 aliphatic rings. The summed E-state index contributed by atoms with van der Waals surface area (Å²) >= 11 is 0. The normalized spacial score (nSPS) is 15.3. The molecule has 0 aliphatic carbocycles. The molecular formula is C29H28FN5O2S. The molecule has 1 amide bonds. The number of halogens is 1. The summed E-state index contributed by atoms with van der Waals surface area (Å²) in [6.07, 6.45) is 3.74. The van der Waals surface area contributed by atoms with E-state index in [1.54, 1.807) is 30.5 Å². The summed E-state index contributed by atoms with van der Waals surface area (Å²) in [6.45, 7) is 2.27. The number of hydrogen-bond donors (Lipinski definition) is 2. The Balaban J connectivity index is 1.28. The minimum atomic E-state index is -1.29. The highest BCUT2D eigenvalue weighted by atomic mass is 32.2. The zero-order chi connectivity index (χ0) is 26.6. The van der Waals surface area contributed by atoms with Crippen molar-refractivity contribution in [3.8, 4) is 11.8 Å². The Kier molecular flexibility index (Phi) is 7.65. The van der Waals surface area contributed by atoms with Crippen molar-refractivity contribution < 1.29 is 13.4 Å². The molecule has 1 unspecified atom stereocenters. The van der Waals surface area contributed by atoms with Crippen LogP contribution in [0.5, 0.6) is 0 Å². The molecule has 0 bridgehead atoms. The first-order valence-corrected chi connectivity index (χ1v) is 13.6. The molecule has 2 N–H and O–H groups in total. The molecule has 1 atom stereocenters. The van der Waals surface area contributed by atoms with E-state index in [0.29, 0.717) is 26.9 Å². The molecule has 9 heteroatoms. The molecule has 1 saturated heterocycles. The van der Waals surface area contributed by atoms with Gasteiger partial charge in [-0.3, -0.25) is 4.79 Å². The van der Waals surface area contributed by atoms with Crippen LogP contribution in [0.4, 0.5) is 4.39 Å². The molecule has 0 saturated carbocycles. The average molecular weight is 530 g/mol. The number of carbonyl (C=O) groups excluding carboxylic acids is 1. The summed E-state index contributed by atoms with van der Waals surface area (Å²) < 4.78 is 31.2. The van der Waals surface area contributed by atoms with Crippen molar-refractivity contribution in [2.45, 2.75) is 30.3 Å². The molecule has 1 aliphatic heterocycles. The summed E-state index contributed by atoms with van der Waals surface area (Å²) in [5.41, 5.74) is 3.03. The first-order valence-electron chi connectivity index (χ1n) is 12.5. The molecule has 4 aromatic rings. The number of aromatic nitrogens is 1. The zero-order valence-electron chi connectivity index (χ0n) is 21.0. The monoisotopic (exact) mass is 529 g/mol. The molecule has 0 spiro atoms. The Morgan fingerprint density at radius 3 is 2.47 bits per heavy atom. The van der Waals surface area contributed by atoms with Gasteiger partial charge in [0.15, 0.2) is 0 Å². The molecular weight excluding hydrogens is 501 g/mol. The fraction of sp³-hybridized carbons (Fsp3) is 0.241. The van der Waals surface area contributed by atoms with Gasteiger partial charge in [-0.25, -0.2) is 13.3 Å². The maximum absolute atomic E-state index is 13.4. The van der Waals surface area contributed by atoms with Crippen molar-refractivity contribution in [2.75, 3.05) is 20.1 Å². The van der Waals surface area contributed by atoms with Gasteiger partial charge in [-0.2, -0.15) is 5.26 Å². The van der Waals surface area contributed by atoms with Crippen LogP contribution < -0.4 is 10.0 Å². The van der Waals surface area contributed by atoms with Gasteiger partial charge in [0, 0.05) is 29.9 Å². The van der Waals surface area contributed by atoms with E-state index in [2.05, 4.69) is 28.1 Å². The molecule has 38 heavy (non-hydrogen) atoms. The van der Waals surface area contributed by atoms with Crippen LogP contribution in [0.2, 0.25) is 0 Å². The Hall–Kier alpha value is -3.84. The minimum absolute atomic E-state index is 0.241. The van der Waals surface area contributed by atoms with Gasteiger partial charge in [-0.15, -0.1) is 0 Å². The van der Waals surface area contributed by atoms with Crippen molar-refractivity contribution in [2.24, 2.45) is 0 Å². The van der Waals surface area contributed by atoms with Gasteiger partial charge < -0.3 is 14.8 Å². The number of rotatable bonds is 7. The lowest BCUT2D eigenvalue weighted by Gasteiger charge is -2.29. The highest BCUT2D eigenvalue weighted by Crippen LogP contribution is 2.26. The minimum Gasteiger partial charge on any atom is -0.348 e. The Bertz CT molecular complexity index is 1520. The van der Waals surface area contributed by atoms with E-state index in [-0.39, 0.29) is 24.3 Å². The van der Waals surface area contributed by atoms with Gasteiger partial charge in [0.25, 0.3) is 5.91 Å². The predicted molar refractivity (Wildman–Crippen MR) is 146 cm³/mol. The summed E-state index contributed by atoms with van der Waals surface area (Å²) in [4.78, 5) is 16.1. The highest BCUT2D eigenvalue weighted by molar-refractivity contribution is 7.83. The number of piperidine rings is 1. The summed E-state index contributed by atoms with van der Waals surface area (Å²) in [7, 11) is 0.808. The smallest absolute Gasteiger partial charge is 0.252 e. The van der Waals surface area contributed by atoms with E-state index >= 15 is 0 Å². The van der Waals surface area contributed by atoms with Crippen molar-refractivity contribution in [1.29, 1.82) is 5.26 Å². The number of hydrogen-bond acceptors (Lipinski definition) is 4. The lowest BCUT2D eigenvalue weighted by Crippen LogP contribution is -2.41. The molecule has 194 valence electrons. The lowest BCUT2D eigenvalue weighted by atomic mass is 10.1. The summed E-state index contributed by atoms with van der Waals surface area (Å²) in [5, 5.41) is 13.2. The summed E-state index contributed by atoms with van der Waals surface area (Å²) in [6, 6.07) is 20.9. The van der Waals surface area contributed by atoms with Crippen LogP contribution in [-0.2, 0) is 17.5 Å². The number of amides is 1. The fourth-order valence-corrected chi connectivity index (χ4v) is 5.73. The second-order valence-electron chi connectivity index (χ2n) is 9.52. The molecule has 1 fully saturated rings. The third kappa shape index (κ3) is 5.68. The first kappa shape index (κ1) is 25.8. The van der Waals surface area contributed by atoms with E-state index < -0.39 is 11.0 Å². The van der Waals surface area contributed by atoms with Crippen molar-refractivity contribution >= 4 is 27.8 Å². The number of nitriles is 1. The van der Waals surface area contributed by atoms with Crippen LogP contribution in [-0.4, -0.2) is 45.8 Å². The van der Waals surface area contributed by atoms with E-state index in [1.165, 1.54) is 12.1 Å². The molecule has 0 radical (unpaired) electrons. The van der Waals surface area contributed by atoms with Crippen LogP contribution in [0.25, 0.3) is 16.6 Å². The second kappa shape index (κ2) is 11.3. The van der Waals surface area contributed by atoms with Gasteiger partial charge in [-0.1, -0.05) is 12.1 Å². The molecule has 7 nitrogen and oxygen atoms in total. The number of benzene rings is 3. The van der Waals surface area contributed by atoms with Gasteiger partial charge in [0.05, 0.1) is 27.6 Å². The molecule has 1 aromatic heterocycles. The quantitative estimate of drug-likeness (QED) is 0.374. The standard InChI is InChI=1S/C29H28FN5O2S/c1-34-13-10-23(11-14-34)33-38(37)25-8-2-20(3-9-25)19-32-29(36)27-16-21(18-31)17-28-26(27)12-15-35(28)24-6-4-22(30)5-7-24/h2-9,12,15-17,23,33H,10-11,13-14,19H2,1H3,(H,32,36). The maximum atomic E-state index is 13.4. The van der Waals surface area contributed by atoms with Crippen molar-refractivity contribution in [3.63, 3.8) is 0 Å². The van der Waals surface area contributed by atoms with Crippen LogP contribution in [0, 0.1) is 17.1 Å². The van der Waals surface area contributed by atoms with Gasteiger partial charge >= 0.3 is 0 Å². The summed E-state index contributed by atoms with van der Waals surface area (Å²) in [5.74, 6) is -0.642. The predicted octanol–water partition coefficient (Wildman–Crippen LogP) is 4.28. The number of fused-ring (bicyclic) bond motifs is 1. The second-order valence-corrected chi connectivity index (χ2v) is 10.8. The van der Waals surface area contributed by atoms with E-state index in [1.807, 2.05) is 34.9 Å². The van der Waals surface area contributed by atoms with E-state index in [0.717, 1.165) is 37.2 Å². The average Bonchev–Trinajstić information content (AvgIpc) is 3.37. The number of likely N-dealkylation sites (tertiary alicyclic amines) is 1. The Morgan fingerprint density at radius 2 is 1.79 bits per heavy atom. The van der Waals surface area contributed by atoms with Crippen LogP contribution in [0.15, 0.2) is 77.8 Å². The highest BCUT2D eigenvalue weighted by Gasteiger charge is 2.19. The van der Waals surface area contributed by atoms with Crippen LogP contribution in [0.1, 0.15) is 34.3 Å². The third-order valence-corrected chi connectivity index (χ3v) is 8.12. The van der Waals surface area contributed by atoms with Crippen LogP contribution in [0.3, 0.4) is 0 Å². The molecule has 2 heterocycles. The van der Waals surface area contributed by atoms with E-state index in [9.17, 15) is 18.7 Å². The number of carbonyl (C=O) groups is 1. The lowest BCUT2D eigenvalue weighted by molar-refractivity contribution is 0.0952. The van der Waals surface area contributed by atoms with Crippen LogP contribution >= 0.6 is 0 Å². The van der Waals surface area contributed by atoms with E-state index in [4.69, 9.17) is 0 Å². The van der Waals surface area contributed by atoms with Gasteiger partial charge in [0.1, 0.15) is 16.8 Å². The Labute approximate surface area is 223 Å². The maximum Gasteiger partial charge on any atom is 0.252 e. The van der Waals surface area contributed by atoms with Gasteiger partial charge in [-0.05, 0) is 93.1 Å². The third-order valence-electron chi connectivity index (χ3n) is 6.87. The Morgan fingerprint density at radius 1 is 1.08 bits per heavy atom. The largest absolute Gasteiger partial charge is 0.348 e. The number of nitrogens with zero attached hydrogens (tertiary/aromatic N) is 3. The number of nitrogens with one attached hydrogen (secondary N) is 2.